The molecular weight excluding hydrogens is 168 g/mol. The molecule has 0 saturated heterocycles. The largest absolute Gasteiger partial charge is 0.380 e. The maximum Gasteiger partial charge on any atom is 0.219 e. The number of rotatable bonds is 8. The number of carbonyl (C=O) groups is 1. The van der Waals surface area contributed by atoms with Gasteiger partial charge < -0.3 is 15.4 Å². The van der Waals surface area contributed by atoms with Gasteiger partial charge >= 0.3 is 0 Å². The minimum absolute atomic E-state index is 0.0790. The highest BCUT2D eigenvalue weighted by Crippen LogP contribution is 1.89. The van der Waals surface area contributed by atoms with Gasteiger partial charge in [0.05, 0.1) is 6.61 Å². The molecule has 4 heteroatoms. The standard InChI is InChI=1S/C9H20N2O2/c1-3-11-6-8-13-7-4-5-9(12)10-2/h11H,3-8H2,1-2H3,(H,10,12). The molecule has 0 saturated carbocycles. The van der Waals surface area contributed by atoms with Crippen LogP contribution in [0.3, 0.4) is 0 Å². The Labute approximate surface area is 80.0 Å². The Hall–Kier alpha value is -0.610. The summed E-state index contributed by atoms with van der Waals surface area (Å²) in [4.78, 5) is 10.8. The second-order valence-electron chi connectivity index (χ2n) is 2.74. The molecule has 0 aromatic heterocycles. The van der Waals surface area contributed by atoms with Gasteiger partial charge in [-0.05, 0) is 13.0 Å². The lowest BCUT2D eigenvalue weighted by Crippen LogP contribution is -2.20. The van der Waals surface area contributed by atoms with Crippen LogP contribution in [-0.4, -0.2) is 39.3 Å². The van der Waals surface area contributed by atoms with E-state index in [0.717, 1.165) is 26.1 Å². The van der Waals surface area contributed by atoms with Gasteiger partial charge in [0.25, 0.3) is 0 Å². The average Bonchev–Trinajstić information content (AvgIpc) is 2.16. The fourth-order valence-corrected chi connectivity index (χ4v) is 0.883. The normalized spacial score (nSPS) is 10.0. The Kier molecular flexibility index (Phi) is 9.03. The summed E-state index contributed by atoms with van der Waals surface area (Å²) in [5, 5.41) is 5.72. The molecule has 0 rings (SSSR count). The average molecular weight is 188 g/mol. The molecule has 1 amide bonds. The highest BCUT2D eigenvalue weighted by Gasteiger charge is 1.96. The molecule has 0 aliphatic heterocycles. The molecule has 2 N–H and O–H groups in total. The predicted molar refractivity (Wildman–Crippen MR) is 52.7 cm³/mol. The van der Waals surface area contributed by atoms with Crippen LogP contribution in [0.25, 0.3) is 0 Å². The van der Waals surface area contributed by atoms with Crippen molar-refractivity contribution in [1.29, 1.82) is 0 Å². The third-order valence-corrected chi connectivity index (χ3v) is 1.64. The summed E-state index contributed by atoms with van der Waals surface area (Å²) in [6.45, 7) is 5.31. The monoisotopic (exact) mass is 188 g/mol. The summed E-state index contributed by atoms with van der Waals surface area (Å²) in [7, 11) is 1.65. The van der Waals surface area contributed by atoms with Gasteiger partial charge in [0, 0.05) is 26.6 Å². The lowest BCUT2D eigenvalue weighted by Gasteiger charge is -2.03. The molecule has 0 aliphatic carbocycles. The highest BCUT2D eigenvalue weighted by molar-refractivity contribution is 5.75. The third-order valence-electron chi connectivity index (χ3n) is 1.64. The second kappa shape index (κ2) is 9.48. The Morgan fingerprint density at radius 2 is 2.15 bits per heavy atom. The fraction of sp³-hybridized carbons (Fsp3) is 0.889. The van der Waals surface area contributed by atoms with E-state index in [-0.39, 0.29) is 5.91 Å². The Morgan fingerprint density at radius 1 is 1.38 bits per heavy atom. The highest BCUT2D eigenvalue weighted by atomic mass is 16.5. The first-order valence-corrected chi connectivity index (χ1v) is 4.80. The second-order valence-corrected chi connectivity index (χ2v) is 2.74. The number of amides is 1. The number of hydrogen-bond donors (Lipinski definition) is 2. The van der Waals surface area contributed by atoms with E-state index in [1.807, 2.05) is 0 Å². The fourth-order valence-electron chi connectivity index (χ4n) is 0.883. The Morgan fingerprint density at radius 3 is 2.77 bits per heavy atom. The van der Waals surface area contributed by atoms with Crippen LogP contribution in [0.2, 0.25) is 0 Å². The summed E-state index contributed by atoms with van der Waals surface area (Å²) in [5.41, 5.74) is 0. The maximum atomic E-state index is 10.8. The molecule has 4 nitrogen and oxygen atoms in total. The van der Waals surface area contributed by atoms with Gasteiger partial charge in [-0.25, -0.2) is 0 Å². The smallest absolute Gasteiger partial charge is 0.219 e. The zero-order chi connectivity index (χ0) is 9.94. The lowest BCUT2D eigenvalue weighted by atomic mass is 10.3. The topological polar surface area (TPSA) is 50.4 Å². The summed E-state index contributed by atoms with van der Waals surface area (Å²) >= 11 is 0. The van der Waals surface area contributed by atoms with Crippen LogP contribution < -0.4 is 10.6 Å². The van der Waals surface area contributed by atoms with Gasteiger partial charge in [-0.3, -0.25) is 4.79 Å². The van der Waals surface area contributed by atoms with Crippen LogP contribution in [0.4, 0.5) is 0 Å². The Bertz CT molecular complexity index is 129. The van der Waals surface area contributed by atoms with Crippen LogP contribution in [-0.2, 0) is 9.53 Å². The van der Waals surface area contributed by atoms with Crippen molar-refractivity contribution in [2.24, 2.45) is 0 Å². The number of nitrogens with one attached hydrogen (secondary N) is 2. The lowest BCUT2D eigenvalue weighted by molar-refractivity contribution is -0.120. The number of hydrogen-bond acceptors (Lipinski definition) is 3. The van der Waals surface area contributed by atoms with Gasteiger partial charge in [0.1, 0.15) is 0 Å². The third kappa shape index (κ3) is 9.30. The zero-order valence-electron chi connectivity index (χ0n) is 8.56. The van der Waals surface area contributed by atoms with E-state index in [2.05, 4.69) is 17.6 Å². The van der Waals surface area contributed by atoms with Crippen molar-refractivity contribution in [2.45, 2.75) is 19.8 Å². The maximum absolute atomic E-state index is 10.8. The first-order valence-electron chi connectivity index (χ1n) is 4.80. The molecule has 78 valence electrons. The number of likely N-dealkylation sites (N-methyl/N-ethyl adjacent to an activating group) is 1. The molecule has 0 spiro atoms. The van der Waals surface area contributed by atoms with Crippen LogP contribution in [0.15, 0.2) is 0 Å². The predicted octanol–water partition coefficient (Wildman–Crippen LogP) is 0.139. The summed E-state index contributed by atoms with van der Waals surface area (Å²) in [5.74, 6) is 0.0790. The zero-order valence-corrected chi connectivity index (χ0v) is 8.56. The van der Waals surface area contributed by atoms with Gasteiger partial charge in [0.15, 0.2) is 0 Å². The first kappa shape index (κ1) is 12.4. The van der Waals surface area contributed by atoms with Crippen molar-refractivity contribution in [3.8, 4) is 0 Å². The van der Waals surface area contributed by atoms with Gasteiger partial charge in [-0.15, -0.1) is 0 Å². The molecule has 0 unspecified atom stereocenters. The van der Waals surface area contributed by atoms with Crippen molar-refractivity contribution in [1.82, 2.24) is 10.6 Å². The van der Waals surface area contributed by atoms with Crippen molar-refractivity contribution in [2.75, 3.05) is 33.4 Å². The molecule has 0 aliphatic rings. The van der Waals surface area contributed by atoms with Gasteiger partial charge in [-0.1, -0.05) is 6.92 Å². The summed E-state index contributed by atoms with van der Waals surface area (Å²) < 4.78 is 5.29. The van der Waals surface area contributed by atoms with Crippen molar-refractivity contribution >= 4 is 5.91 Å². The van der Waals surface area contributed by atoms with E-state index in [4.69, 9.17) is 4.74 Å². The van der Waals surface area contributed by atoms with Gasteiger partial charge in [0.2, 0.25) is 5.91 Å². The van der Waals surface area contributed by atoms with E-state index in [1.54, 1.807) is 7.05 Å². The van der Waals surface area contributed by atoms with Crippen molar-refractivity contribution in [3.63, 3.8) is 0 Å². The molecule has 13 heavy (non-hydrogen) atoms. The Balaban J connectivity index is 2.95. The molecular formula is C9H20N2O2. The van der Waals surface area contributed by atoms with E-state index < -0.39 is 0 Å². The molecule has 0 radical (unpaired) electrons. The van der Waals surface area contributed by atoms with Crippen LogP contribution >= 0.6 is 0 Å². The minimum Gasteiger partial charge on any atom is -0.380 e. The van der Waals surface area contributed by atoms with E-state index in [9.17, 15) is 4.79 Å². The van der Waals surface area contributed by atoms with E-state index >= 15 is 0 Å². The number of ether oxygens (including phenoxy) is 1. The van der Waals surface area contributed by atoms with Crippen molar-refractivity contribution in [3.05, 3.63) is 0 Å². The number of carbonyl (C=O) groups excluding carboxylic acids is 1. The van der Waals surface area contributed by atoms with Crippen molar-refractivity contribution < 1.29 is 9.53 Å². The van der Waals surface area contributed by atoms with Crippen LogP contribution in [0.1, 0.15) is 19.8 Å². The van der Waals surface area contributed by atoms with Crippen LogP contribution in [0, 0.1) is 0 Å². The summed E-state index contributed by atoms with van der Waals surface area (Å²) in [6, 6.07) is 0. The molecule has 0 heterocycles. The summed E-state index contributed by atoms with van der Waals surface area (Å²) in [6.07, 6.45) is 1.35. The molecule has 0 bridgehead atoms. The molecule has 0 aromatic carbocycles. The molecule has 0 fully saturated rings. The van der Waals surface area contributed by atoms with E-state index in [0.29, 0.717) is 13.0 Å². The van der Waals surface area contributed by atoms with Crippen LogP contribution in [0.5, 0.6) is 0 Å². The first-order chi connectivity index (χ1) is 6.31. The minimum atomic E-state index is 0.0790. The molecule has 0 aromatic rings. The SMILES string of the molecule is CCNCCOCCCC(=O)NC. The molecule has 0 atom stereocenters. The van der Waals surface area contributed by atoms with Gasteiger partial charge in [-0.2, -0.15) is 0 Å². The quantitative estimate of drug-likeness (QED) is 0.533. The van der Waals surface area contributed by atoms with E-state index in [1.165, 1.54) is 0 Å².